The first-order chi connectivity index (χ1) is 14.0. The van der Waals surface area contributed by atoms with E-state index in [1.807, 2.05) is 12.1 Å². The Bertz CT molecular complexity index is 1090. The van der Waals surface area contributed by atoms with Gasteiger partial charge in [-0.25, -0.2) is 0 Å². The van der Waals surface area contributed by atoms with Crippen LogP contribution in [0.1, 0.15) is 34.9 Å². The minimum absolute atomic E-state index is 0.0808. The summed E-state index contributed by atoms with van der Waals surface area (Å²) in [5.74, 6) is 1.06. The Labute approximate surface area is 166 Å². The van der Waals surface area contributed by atoms with E-state index < -0.39 is 4.92 Å². The molecule has 9 nitrogen and oxygen atoms in total. The molecule has 9 heteroatoms. The summed E-state index contributed by atoms with van der Waals surface area (Å²) in [5.41, 5.74) is 1.58. The first-order valence-electron chi connectivity index (χ1n) is 9.19. The van der Waals surface area contributed by atoms with Crippen LogP contribution in [0, 0.1) is 10.1 Å². The molecule has 2 aromatic carbocycles. The summed E-state index contributed by atoms with van der Waals surface area (Å²) in [5, 5.41) is 18.5. The highest BCUT2D eigenvalue weighted by atomic mass is 16.6. The van der Waals surface area contributed by atoms with Crippen molar-refractivity contribution in [1.82, 2.24) is 15.1 Å². The predicted octanol–water partition coefficient (Wildman–Crippen LogP) is 3.47. The fourth-order valence-electron chi connectivity index (χ4n) is 3.84. The normalized spacial score (nSPS) is 16.2. The molecule has 1 aliphatic rings. The number of ether oxygens (including phenoxy) is 2. The van der Waals surface area contributed by atoms with Crippen molar-refractivity contribution < 1.29 is 19.2 Å². The van der Waals surface area contributed by atoms with E-state index in [-0.39, 0.29) is 23.3 Å². The Morgan fingerprint density at radius 2 is 2.07 bits per heavy atom. The molecule has 2 heterocycles. The number of hydrogen-bond donors (Lipinski definition) is 1. The number of likely N-dealkylation sites (tertiary alicyclic amines) is 1. The number of non-ortho nitro benzene ring substituents is 1. The van der Waals surface area contributed by atoms with E-state index in [9.17, 15) is 14.9 Å². The minimum Gasteiger partial charge on any atom is -0.497 e. The number of nitro benzene ring substituents is 1. The van der Waals surface area contributed by atoms with E-state index in [0.717, 1.165) is 18.4 Å². The summed E-state index contributed by atoms with van der Waals surface area (Å²) >= 11 is 0. The van der Waals surface area contributed by atoms with Crippen molar-refractivity contribution in [2.45, 2.75) is 18.9 Å². The van der Waals surface area contributed by atoms with Crippen molar-refractivity contribution in [1.29, 1.82) is 0 Å². The van der Waals surface area contributed by atoms with Crippen molar-refractivity contribution in [3.63, 3.8) is 0 Å². The summed E-state index contributed by atoms with van der Waals surface area (Å²) in [4.78, 5) is 25.7. The average Bonchev–Trinajstić information content (AvgIpc) is 3.39. The third kappa shape index (κ3) is 3.24. The second-order valence-electron chi connectivity index (χ2n) is 6.82. The van der Waals surface area contributed by atoms with E-state index in [1.54, 1.807) is 31.3 Å². The second-order valence-corrected chi connectivity index (χ2v) is 6.82. The van der Waals surface area contributed by atoms with Crippen LogP contribution < -0.4 is 9.47 Å². The molecular weight excluding hydrogens is 376 g/mol. The van der Waals surface area contributed by atoms with E-state index in [1.165, 1.54) is 12.1 Å². The van der Waals surface area contributed by atoms with Crippen LogP contribution in [0.25, 0.3) is 10.9 Å². The first kappa shape index (κ1) is 18.7. The Balaban J connectivity index is 1.71. The molecule has 1 unspecified atom stereocenters. The average molecular weight is 396 g/mol. The molecule has 0 spiro atoms. The van der Waals surface area contributed by atoms with Gasteiger partial charge in [0.25, 0.3) is 11.6 Å². The van der Waals surface area contributed by atoms with Gasteiger partial charge < -0.3 is 14.4 Å². The molecule has 1 atom stereocenters. The van der Waals surface area contributed by atoms with Crippen LogP contribution in [0.3, 0.4) is 0 Å². The zero-order valence-electron chi connectivity index (χ0n) is 16.0. The minimum atomic E-state index is -0.485. The van der Waals surface area contributed by atoms with Gasteiger partial charge in [0.1, 0.15) is 11.5 Å². The lowest BCUT2D eigenvalue weighted by atomic mass is 10.0. The number of nitro groups is 1. The van der Waals surface area contributed by atoms with Crippen LogP contribution >= 0.6 is 0 Å². The topological polar surface area (TPSA) is 111 Å². The lowest BCUT2D eigenvalue weighted by Gasteiger charge is -2.26. The van der Waals surface area contributed by atoms with Crippen molar-refractivity contribution >= 4 is 22.5 Å². The Morgan fingerprint density at radius 3 is 2.79 bits per heavy atom. The molecule has 1 aliphatic heterocycles. The summed E-state index contributed by atoms with van der Waals surface area (Å²) in [7, 11) is 3.17. The summed E-state index contributed by atoms with van der Waals surface area (Å²) in [6, 6.07) is 9.69. The fourth-order valence-corrected chi connectivity index (χ4v) is 3.84. The molecule has 1 fully saturated rings. The van der Waals surface area contributed by atoms with Gasteiger partial charge in [0.2, 0.25) is 0 Å². The number of nitrogens with one attached hydrogen (secondary N) is 1. The number of hydrogen-bond acceptors (Lipinski definition) is 6. The molecule has 0 saturated carbocycles. The zero-order chi connectivity index (χ0) is 20.5. The highest BCUT2D eigenvalue weighted by Gasteiger charge is 2.34. The van der Waals surface area contributed by atoms with Gasteiger partial charge in [-0.3, -0.25) is 20.0 Å². The number of nitrogens with zero attached hydrogens (tertiary/aromatic N) is 3. The number of aromatic nitrogens is 2. The highest BCUT2D eigenvalue weighted by molar-refractivity contribution is 6.05. The number of methoxy groups -OCH3 is 2. The number of fused-ring (bicyclic) bond motifs is 1. The molecule has 3 aromatic rings. The van der Waals surface area contributed by atoms with Gasteiger partial charge in [0.05, 0.1) is 30.7 Å². The van der Waals surface area contributed by atoms with Crippen LogP contribution in [0.2, 0.25) is 0 Å². The van der Waals surface area contributed by atoms with Crippen molar-refractivity contribution in [3.05, 3.63) is 57.8 Å². The quantitative estimate of drug-likeness (QED) is 0.522. The van der Waals surface area contributed by atoms with Gasteiger partial charge >= 0.3 is 0 Å². The molecule has 4 rings (SSSR count). The van der Waals surface area contributed by atoms with Crippen LogP contribution in [0.15, 0.2) is 36.4 Å². The van der Waals surface area contributed by atoms with E-state index in [0.29, 0.717) is 28.9 Å². The van der Waals surface area contributed by atoms with Gasteiger partial charge in [-0.2, -0.15) is 5.10 Å². The van der Waals surface area contributed by atoms with Gasteiger partial charge in [-0.1, -0.05) is 0 Å². The molecule has 29 heavy (non-hydrogen) atoms. The Hall–Kier alpha value is -3.62. The van der Waals surface area contributed by atoms with Crippen molar-refractivity contribution in [2.75, 3.05) is 20.8 Å². The molecule has 150 valence electrons. The summed E-state index contributed by atoms with van der Waals surface area (Å²) < 4.78 is 10.8. The van der Waals surface area contributed by atoms with Crippen LogP contribution in [-0.4, -0.2) is 46.7 Å². The lowest BCUT2D eigenvalue weighted by molar-refractivity contribution is -0.384. The maximum atomic E-state index is 13.3. The molecule has 0 bridgehead atoms. The number of rotatable bonds is 5. The fraction of sp³-hybridized carbons (Fsp3) is 0.300. The summed E-state index contributed by atoms with van der Waals surface area (Å²) in [6.07, 6.45) is 1.63. The highest BCUT2D eigenvalue weighted by Crippen LogP contribution is 2.39. The van der Waals surface area contributed by atoms with E-state index >= 15 is 0 Å². The van der Waals surface area contributed by atoms with Gasteiger partial charge in [-0.05, 0) is 31.0 Å². The smallest absolute Gasteiger partial charge is 0.275 e. The second kappa shape index (κ2) is 7.42. The molecule has 1 saturated heterocycles. The van der Waals surface area contributed by atoms with Gasteiger partial charge in [-0.15, -0.1) is 0 Å². The number of aromatic amines is 1. The Kier molecular flexibility index (Phi) is 4.79. The van der Waals surface area contributed by atoms with E-state index in [2.05, 4.69) is 10.2 Å². The van der Waals surface area contributed by atoms with Gasteiger partial charge in [0.15, 0.2) is 5.69 Å². The summed E-state index contributed by atoms with van der Waals surface area (Å²) in [6.45, 7) is 0.571. The number of H-pyrrole nitrogens is 1. The van der Waals surface area contributed by atoms with Crippen molar-refractivity contribution in [3.8, 4) is 11.5 Å². The first-order valence-corrected chi connectivity index (χ1v) is 9.19. The third-order valence-electron chi connectivity index (χ3n) is 5.27. The molecule has 1 N–H and O–H groups in total. The molecule has 1 amide bonds. The zero-order valence-corrected chi connectivity index (χ0v) is 16.0. The standard InChI is InChI=1S/C20H20N4O5/c1-28-13-6-7-14(18(11-13)29-2)17-4-3-9-23(17)20(25)19-15-10-12(24(26)27)5-8-16(15)21-22-19/h5-8,10-11,17H,3-4,9H2,1-2H3,(H,21,22). The number of benzene rings is 2. The molecule has 0 radical (unpaired) electrons. The number of carbonyl (C=O) groups is 1. The monoisotopic (exact) mass is 396 g/mol. The maximum absolute atomic E-state index is 13.3. The lowest BCUT2D eigenvalue weighted by Crippen LogP contribution is -2.31. The van der Waals surface area contributed by atoms with Crippen LogP contribution in [0.4, 0.5) is 5.69 Å². The maximum Gasteiger partial charge on any atom is 0.275 e. The van der Waals surface area contributed by atoms with Crippen molar-refractivity contribution in [2.24, 2.45) is 0 Å². The number of carbonyl (C=O) groups excluding carboxylic acids is 1. The molecule has 1 aromatic heterocycles. The molecular formula is C20H20N4O5. The van der Waals surface area contributed by atoms with Crippen LogP contribution in [0.5, 0.6) is 11.5 Å². The van der Waals surface area contributed by atoms with Gasteiger partial charge in [0, 0.05) is 35.7 Å². The number of amides is 1. The van der Waals surface area contributed by atoms with E-state index in [4.69, 9.17) is 9.47 Å². The predicted molar refractivity (Wildman–Crippen MR) is 105 cm³/mol. The molecule has 0 aliphatic carbocycles. The Morgan fingerprint density at radius 1 is 1.24 bits per heavy atom. The largest absolute Gasteiger partial charge is 0.497 e. The van der Waals surface area contributed by atoms with Crippen LogP contribution in [-0.2, 0) is 0 Å². The third-order valence-corrected chi connectivity index (χ3v) is 5.27. The SMILES string of the molecule is COc1ccc(C2CCCN2C(=O)c2n[nH]c3ccc([N+](=O)[O-])cc23)c(OC)c1.